The molecule has 4 rings (SSSR count). The summed E-state index contributed by atoms with van der Waals surface area (Å²) in [6.45, 7) is 0. The van der Waals surface area contributed by atoms with Crippen molar-refractivity contribution in [2.75, 3.05) is 5.73 Å². The number of hydrogen-bond acceptors (Lipinski definition) is 3. The second-order valence-corrected chi connectivity index (χ2v) is 6.49. The maximum Gasteiger partial charge on any atom is 0.142 e. The van der Waals surface area contributed by atoms with Crippen LogP contribution in [-0.2, 0) is 0 Å². The third-order valence-electron chi connectivity index (χ3n) is 4.67. The minimum absolute atomic E-state index is 0.00383. The molecule has 0 saturated carbocycles. The van der Waals surface area contributed by atoms with E-state index in [1.807, 2.05) is 60.7 Å². The monoisotopic (exact) mass is 383 g/mol. The second-order valence-electron chi connectivity index (χ2n) is 6.49. The standard InChI is InChI=1S/C24H15F2N3/c25-18-10-11-19(22(26)12-18)20-13-23(29-24(28)21(20)14-27)17-8-6-16(7-9-17)15-4-2-1-3-5-15/h1-13H,(H2,28,29). The van der Waals surface area contributed by atoms with Gasteiger partial charge in [-0.3, -0.25) is 0 Å². The van der Waals surface area contributed by atoms with Gasteiger partial charge >= 0.3 is 0 Å². The molecule has 3 aromatic carbocycles. The van der Waals surface area contributed by atoms with Gasteiger partial charge in [-0.15, -0.1) is 0 Å². The van der Waals surface area contributed by atoms with Crippen molar-refractivity contribution in [1.29, 1.82) is 5.26 Å². The van der Waals surface area contributed by atoms with Gasteiger partial charge < -0.3 is 5.73 Å². The lowest BCUT2D eigenvalue weighted by Crippen LogP contribution is -2.01. The molecule has 0 unspecified atom stereocenters. The average molecular weight is 383 g/mol. The number of anilines is 1. The number of aromatic nitrogens is 1. The van der Waals surface area contributed by atoms with Crippen molar-refractivity contribution in [3.63, 3.8) is 0 Å². The molecule has 0 saturated heterocycles. The fraction of sp³-hybridized carbons (Fsp3) is 0. The van der Waals surface area contributed by atoms with Gasteiger partial charge in [-0.2, -0.15) is 5.26 Å². The number of rotatable bonds is 3. The molecule has 0 bridgehead atoms. The first-order valence-corrected chi connectivity index (χ1v) is 8.88. The number of pyridine rings is 1. The van der Waals surface area contributed by atoms with Crippen molar-refractivity contribution < 1.29 is 8.78 Å². The van der Waals surface area contributed by atoms with Crippen molar-refractivity contribution in [3.05, 3.63) is 96.1 Å². The van der Waals surface area contributed by atoms with Crippen molar-refractivity contribution in [3.8, 4) is 39.6 Å². The van der Waals surface area contributed by atoms with Gasteiger partial charge in [0.25, 0.3) is 0 Å². The van der Waals surface area contributed by atoms with E-state index in [4.69, 9.17) is 5.73 Å². The van der Waals surface area contributed by atoms with Crippen LogP contribution in [0, 0.1) is 23.0 Å². The van der Waals surface area contributed by atoms with E-state index in [1.165, 1.54) is 6.07 Å². The molecule has 0 aliphatic rings. The zero-order valence-electron chi connectivity index (χ0n) is 15.2. The zero-order valence-corrected chi connectivity index (χ0v) is 15.2. The Hall–Kier alpha value is -4.04. The number of nitrogen functional groups attached to an aromatic ring is 1. The Morgan fingerprint density at radius 2 is 1.41 bits per heavy atom. The maximum atomic E-state index is 14.3. The van der Waals surface area contributed by atoms with Crippen LogP contribution in [0.5, 0.6) is 0 Å². The van der Waals surface area contributed by atoms with Crippen molar-refractivity contribution in [2.45, 2.75) is 0 Å². The van der Waals surface area contributed by atoms with Gasteiger partial charge in [-0.25, -0.2) is 13.8 Å². The fourth-order valence-corrected chi connectivity index (χ4v) is 3.21. The lowest BCUT2D eigenvalue weighted by molar-refractivity contribution is 0.585. The van der Waals surface area contributed by atoms with Gasteiger partial charge in [-0.1, -0.05) is 54.6 Å². The molecule has 140 valence electrons. The highest BCUT2D eigenvalue weighted by Crippen LogP contribution is 2.33. The summed E-state index contributed by atoms with van der Waals surface area (Å²) in [5, 5.41) is 9.46. The van der Waals surface area contributed by atoms with Crippen LogP contribution < -0.4 is 5.73 Å². The first-order valence-electron chi connectivity index (χ1n) is 8.88. The molecule has 0 radical (unpaired) electrons. The maximum absolute atomic E-state index is 14.3. The van der Waals surface area contributed by atoms with Gasteiger partial charge in [0.2, 0.25) is 0 Å². The predicted octanol–water partition coefficient (Wildman–Crippen LogP) is 5.81. The molecule has 29 heavy (non-hydrogen) atoms. The Morgan fingerprint density at radius 3 is 2.07 bits per heavy atom. The van der Waals surface area contributed by atoms with E-state index in [9.17, 15) is 14.0 Å². The highest BCUT2D eigenvalue weighted by Gasteiger charge is 2.16. The minimum atomic E-state index is -0.766. The van der Waals surface area contributed by atoms with Crippen molar-refractivity contribution in [2.24, 2.45) is 0 Å². The topological polar surface area (TPSA) is 62.7 Å². The van der Waals surface area contributed by atoms with Crippen LogP contribution in [0.3, 0.4) is 0 Å². The number of nitriles is 1. The molecule has 1 aromatic heterocycles. The third kappa shape index (κ3) is 3.56. The molecule has 0 amide bonds. The van der Waals surface area contributed by atoms with E-state index in [1.54, 1.807) is 6.07 Å². The Morgan fingerprint density at radius 1 is 0.759 bits per heavy atom. The molecular formula is C24H15F2N3. The number of halogens is 2. The average Bonchev–Trinajstić information content (AvgIpc) is 2.74. The van der Waals surface area contributed by atoms with Crippen LogP contribution >= 0.6 is 0 Å². The largest absolute Gasteiger partial charge is 0.383 e. The van der Waals surface area contributed by atoms with Gasteiger partial charge in [0, 0.05) is 22.8 Å². The van der Waals surface area contributed by atoms with Crippen molar-refractivity contribution >= 4 is 5.82 Å². The lowest BCUT2D eigenvalue weighted by Gasteiger charge is -2.11. The van der Waals surface area contributed by atoms with Crippen LogP contribution in [0.2, 0.25) is 0 Å². The Bertz CT molecular complexity index is 1230. The molecular weight excluding hydrogens is 368 g/mol. The number of nitrogens with two attached hydrogens (primary N) is 1. The Labute approximate surface area is 166 Å². The third-order valence-corrected chi connectivity index (χ3v) is 4.67. The van der Waals surface area contributed by atoms with E-state index in [0.717, 1.165) is 28.8 Å². The molecule has 1 heterocycles. The highest BCUT2D eigenvalue weighted by atomic mass is 19.1. The number of nitrogens with zero attached hydrogens (tertiary/aromatic N) is 2. The SMILES string of the molecule is N#Cc1c(-c2ccc(F)cc2F)cc(-c2ccc(-c3ccccc3)cc2)nc1N. The van der Waals surface area contributed by atoms with Gasteiger partial charge in [0.1, 0.15) is 29.1 Å². The Kier molecular flexibility index (Phi) is 4.76. The smallest absolute Gasteiger partial charge is 0.142 e. The molecule has 0 atom stereocenters. The fourth-order valence-electron chi connectivity index (χ4n) is 3.21. The molecule has 3 nitrogen and oxygen atoms in total. The lowest BCUT2D eigenvalue weighted by atomic mass is 9.97. The van der Waals surface area contributed by atoms with E-state index in [0.29, 0.717) is 5.69 Å². The van der Waals surface area contributed by atoms with Crippen LogP contribution in [0.4, 0.5) is 14.6 Å². The predicted molar refractivity (Wildman–Crippen MR) is 110 cm³/mol. The summed E-state index contributed by atoms with van der Waals surface area (Å²) in [6.07, 6.45) is 0. The van der Waals surface area contributed by atoms with Crippen LogP contribution in [0.1, 0.15) is 5.56 Å². The van der Waals surface area contributed by atoms with E-state index in [2.05, 4.69) is 4.98 Å². The molecule has 0 spiro atoms. The molecule has 0 fully saturated rings. The van der Waals surface area contributed by atoms with Crippen molar-refractivity contribution in [1.82, 2.24) is 4.98 Å². The summed E-state index contributed by atoms with van der Waals surface area (Å²) in [7, 11) is 0. The zero-order chi connectivity index (χ0) is 20.4. The first-order chi connectivity index (χ1) is 14.1. The van der Waals surface area contributed by atoms with Crippen LogP contribution in [0.15, 0.2) is 78.9 Å². The number of benzene rings is 3. The van der Waals surface area contributed by atoms with E-state index >= 15 is 0 Å². The summed E-state index contributed by atoms with van der Waals surface area (Å²) in [5.41, 5.74) is 9.80. The second kappa shape index (κ2) is 7.53. The van der Waals surface area contributed by atoms with Crippen LogP contribution in [-0.4, -0.2) is 4.98 Å². The van der Waals surface area contributed by atoms with Gasteiger partial charge in [0.15, 0.2) is 0 Å². The number of hydrogen-bond donors (Lipinski definition) is 1. The quantitative estimate of drug-likeness (QED) is 0.485. The molecule has 2 N–H and O–H groups in total. The molecule has 0 aliphatic carbocycles. The van der Waals surface area contributed by atoms with Gasteiger partial charge in [-0.05, 0) is 29.3 Å². The minimum Gasteiger partial charge on any atom is -0.383 e. The summed E-state index contributed by atoms with van der Waals surface area (Å²) in [5.74, 6) is -1.46. The summed E-state index contributed by atoms with van der Waals surface area (Å²) in [6, 6.07) is 24.4. The van der Waals surface area contributed by atoms with E-state index in [-0.39, 0.29) is 22.5 Å². The normalized spacial score (nSPS) is 10.5. The van der Waals surface area contributed by atoms with Gasteiger partial charge in [0.05, 0.1) is 5.69 Å². The molecule has 4 aromatic rings. The molecule has 0 aliphatic heterocycles. The first kappa shape index (κ1) is 18.3. The molecule has 5 heteroatoms. The highest BCUT2D eigenvalue weighted by molar-refractivity contribution is 5.81. The van der Waals surface area contributed by atoms with Crippen LogP contribution in [0.25, 0.3) is 33.5 Å². The Balaban J connectivity index is 1.81. The summed E-state index contributed by atoms with van der Waals surface area (Å²) in [4.78, 5) is 4.31. The van der Waals surface area contributed by atoms with E-state index < -0.39 is 11.6 Å². The summed E-state index contributed by atoms with van der Waals surface area (Å²) >= 11 is 0. The summed E-state index contributed by atoms with van der Waals surface area (Å²) < 4.78 is 27.7.